The molecule has 126 valence electrons. The van der Waals surface area contributed by atoms with Crippen LogP contribution in [0.25, 0.3) is 0 Å². The van der Waals surface area contributed by atoms with Gasteiger partial charge in [-0.05, 0) is 30.5 Å². The van der Waals surface area contributed by atoms with Crippen molar-refractivity contribution in [1.29, 1.82) is 0 Å². The largest absolute Gasteiger partial charge is 0.389 e. The molecule has 1 N–H and O–H groups in total. The highest BCUT2D eigenvalue weighted by atomic mass is 35.5. The zero-order valence-corrected chi connectivity index (χ0v) is 14.0. The minimum atomic E-state index is -4.14. The van der Waals surface area contributed by atoms with Crippen LogP contribution in [0.2, 0.25) is 5.02 Å². The van der Waals surface area contributed by atoms with Crippen LogP contribution in [0.4, 0.5) is 13.2 Å². The second-order valence-electron chi connectivity index (χ2n) is 5.43. The molecule has 0 bridgehead atoms. The van der Waals surface area contributed by atoms with Crippen LogP contribution in [0, 0.1) is 6.92 Å². The lowest BCUT2D eigenvalue weighted by Crippen LogP contribution is -2.45. The highest BCUT2D eigenvalue weighted by Gasteiger charge is 2.32. The van der Waals surface area contributed by atoms with Crippen molar-refractivity contribution < 1.29 is 13.2 Å². The molecule has 1 aliphatic heterocycles. The molecule has 1 saturated heterocycles. The van der Waals surface area contributed by atoms with Gasteiger partial charge in [0.2, 0.25) is 0 Å². The summed E-state index contributed by atoms with van der Waals surface area (Å²) < 4.78 is 37.9. The minimum Gasteiger partial charge on any atom is -0.314 e. The van der Waals surface area contributed by atoms with Gasteiger partial charge in [-0.2, -0.15) is 13.2 Å². The van der Waals surface area contributed by atoms with Crippen LogP contribution in [0.1, 0.15) is 30.0 Å². The van der Waals surface area contributed by atoms with E-state index in [2.05, 4.69) is 10.2 Å². The Balaban J connectivity index is 0.00000242. The quantitative estimate of drug-likeness (QED) is 0.862. The maximum atomic E-state index is 12.6. The van der Waals surface area contributed by atoms with Crippen LogP contribution in [-0.4, -0.2) is 37.3 Å². The van der Waals surface area contributed by atoms with Gasteiger partial charge in [0.05, 0.1) is 0 Å². The topological polar surface area (TPSA) is 15.3 Å². The summed E-state index contributed by atoms with van der Waals surface area (Å²) in [6.45, 7) is 4.99. The monoisotopic (exact) mass is 356 g/mol. The fourth-order valence-electron chi connectivity index (χ4n) is 2.87. The summed E-state index contributed by atoms with van der Waals surface area (Å²) >= 11 is 6.27. The van der Waals surface area contributed by atoms with E-state index in [0.717, 1.165) is 37.3 Å². The van der Waals surface area contributed by atoms with Crippen molar-refractivity contribution >= 4 is 24.0 Å². The van der Waals surface area contributed by atoms with Crippen molar-refractivity contribution in [3.8, 4) is 0 Å². The third-order valence-corrected chi connectivity index (χ3v) is 4.23. The molecular formula is C15H21Cl2F3N2. The number of nitrogens with zero attached hydrogens (tertiary/aromatic N) is 1. The Labute approximate surface area is 140 Å². The van der Waals surface area contributed by atoms with E-state index in [0.29, 0.717) is 5.02 Å². The average molecular weight is 357 g/mol. The number of hydrogen-bond donors (Lipinski definition) is 1. The number of nitrogens with one attached hydrogen (secondary N) is 1. The van der Waals surface area contributed by atoms with Crippen molar-refractivity contribution in [1.82, 2.24) is 10.2 Å². The number of aryl methyl sites for hydroxylation is 1. The Morgan fingerprint density at radius 3 is 2.45 bits per heavy atom. The van der Waals surface area contributed by atoms with Crippen LogP contribution in [0.5, 0.6) is 0 Å². The number of alkyl halides is 3. The number of halogens is 5. The van der Waals surface area contributed by atoms with Crippen LogP contribution in [-0.2, 0) is 0 Å². The zero-order chi connectivity index (χ0) is 15.5. The minimum absolute atomic E-state index is 0. The first-order chi connectivity index (χ1) is 9.88. The standard InChI is InChI=1S/C15H20ClF3N2.ClH/c1-11-3-2-4-12(16)14(11)13(5-6-15(17,18)19)21-9-7-20-8-10-21;/h2-4,13,20H,5-10H2,1H3;1H/t13-;/m0./s1. The SMILES string of the molecule is Cc1cccc(Cl)c1[C@H](CCC(F)(F)F)N1CCNCC1.Cl. The van der Waals surface area contributed by atoms with Gasteiger partial charge in [0.15, 0.2) is 0 Å². The summed E-state index contributed by atoms with van der Waals surface area (Å²) in [5, 5.41) is 3.78. The lowest BCUT2D eigenvalue weighted by molar-refractivity contribution is -0.138. The van der Waals surface area contributed by atoms with Gasteiger partial charge >= 0.3 is 6.18 Å². The molecular weight excluding hydrogens is 336 g/mol. The van der Waals surface area contributed by atoms with Gasteiger partial charge in [-0.1, -0.05) is 23.7 Å². The van der Waals surface area contributed by atoms with E-state index >= 15 is 0 Å². The first-order valence-corrected chi connectivity index (χ1v) is 7.53. The Morgan fingerprint density at radius 1 is 1.27 bits per heavy atom. The van der Waals surface area contributed by atoms with E-state index in [4.69, 9.17) is 11.6 Å². The summed E-state index contributed by atoms with van der Waals surface area (Å²) in [4.78, 5) is 2.11. The number of hydrogen-bond acceptors (Lipinski definition) is 2. The first kappa shape index (κ1) is 19.6. The van der Waals surface area contributed by atoms with Crippen LogP contribution >= 0.6 is 24.0 Å². The molecule has 1 aliphatic rings. The van der Waals surface area contributed by atoms with Gasteiger partial charge in [0.25, 0.3) is 0 Å². The maximum Gasteiger partial charge on any atom is 0.389 e. The Morgan fingerprint density at radius 2 is 1.91 bits per heavy atom. The number of piperazine rings is 1. The summed E-state index contributed by atoms with van der Waals surface area (Å²) in [5.41, 5.74) is 1.79. The van der Waals surface area contributed by atoms with Crippen molar-refractivity contribution in [2.24, 2.45) is 0 Å². The molecule has 1 heterocycles. The lowest BCUT2D eigenvalue weighted by atomic mass is 9.95. The molecule has 0 amide bonds. The van der Waals surface area contributed by atoms with Crippen molar-refractivity contribution in [2.75, 3.05) is 26.2 Å². The molecule has 1 aromatic carbocycles. The molecule has 1 fully saturated rings. The molecule has 22 heavy (non-hydrogen) atoms. The summed E-state index contributed by atoms with van der Waals surface area (Å²) in [7, 11) is 0. The highest BCUT2D eigenvalue weighted by Crippen LogP contribution is 2.36. The van der Waals surface area contributed by atoms with Crippen LogP contribution in [0.3, 0.4) is 0 Å². The third kappa shape index (κ3) is 5.30. The maximum absolute atomic E-state index is 12.6. The number of rotatable bonds is 4. The predicted octanol–water partition coefficient (Wildman–Crippen LogP) is 4.36. The Bertz CT molecular complexity index is 454. The van der Waals surface area contributed by atoms with Gasteiger partial charge in [0.1, 0.15) is 0 Å². The Kier molecular flexibility index (Phi) is 7.46. The van der Waals surface area contributed by atoms with Crippen molar-refractivity contribution in [3.05, 3.63) is 34.3 Å². The first-order valence-electron chi connectivity index (χ1n) is 7.15. The zero-order valence-electron chi connectivity index (χ0n) is 12.4. The molecule has 0 aliphatic carbocycles. The summed E-state index contributed by atoms with van der Waals surface area (Å²) in [6.07, 6.45) is -4.87. The Hall–Kier alpha value is -0.490. The molecule has 2 nitrogen and oxygen atoms in total. The average Bonchev–Trinajstić information content (AvgIpc) is 2.42. The van der Waals surface area contributed by atoms with E-state index in [1.54, 1.807) is 6.07 Å². The van der Waals surface area contributed by atoms with Gasteiger partial charge in [-0.15, -0.1) is 12.4 Å². The highest BCUT2D eigenvalue weighted by molar-refractivity contribution is 6.31. The smallest absolute Gasteiger partial charge is 0.314 e. The molecule has 1 atom stereocenters. The second-order valence-corrected chi connectivity index (χ2v) is 5.83. The predicted molar refractivity (Wildman–Crippen MR) is 85.9 cm³/mol. The summed E-state index contributed by atoms with van der Waals surface area (Å²) in [5.74, 6) is 0. The van der Waals surface area contributed by atoms with E-state index in [1.807, 2.05) is 19.1 Å². The molecule has 0 aromatic heterocycles. The van der Waals surface area contributed by atoms with Crippen molar-refractivity contribution in [3.63, 3.8) is 0 Å². The van der Waals surface area contributed by atoms with Gasteiger partial charge < -0.3 is 5.32 Å². The second kappa shape index (κ2) is 8.39. The lowest BCUT2D eigenvalue weighted by Gasteiger charge is -2.36. The molecule has 0 unspecified atom stereocenters. The summed E-state index contributed by atoms with van der Waals surface area (Å²) in [6, 6.07) is 5.22. The van der Waals surface area contributed by atoms with Crippen molar-refractivity contribution in [2.45, 2.75) is 32.0 Å². The molecule has 2 rings (SSSR count). The van der Waals surface area contributed by atoms with E-state index in [9.17, 15) is 13.2 Å². The molecule has 0 saturated carbocycles. The molecule has 1 aromatic rings. The van der Waals surface area contributed by atoms with E-state index in [-0.39, 0.29) is 24.9 Å². The normalized spacial score (nSPS) is 17.9. The van der Waals surface area contributed by atoms with Gasteiger partial charge in [-0.25, -0.2) is 0 Å². The fraction of sp³-hybridized carbons (Fsp3) is 0.600. The van der Waals surface area contributed by atoms with Gasteiger partial charge in [0, 0.05) is 43.7 Å². The van der Waals surface area contributed by atoms with Gasteiger partial charge in [-0.3, -0.25) is 4.90 Å². The van der Waals surface area contributed by atoms with Crippen LogP contribution < -0.4 is 5.32 Å². The van der Waals surface area contributed by atoms with E-state index < -0.39 is 12.6 Å². The van der Waals surface area contributed by atoms with Crippen LogP contribution in [0.15, 0.2) is 18.2 Å². The fourth-order valence-corrected chi connectivity index (χ4v) is 3.22. The molecule has 0 spiro atoms. The third-order valence-electron chi connectivity index (χ3n) is 3.90. The molecule has 7 heteroatoms. The van der Waals surface area contributed by atoms with E-state index in [1.165, 1.54) is 0 Å². The molecule has 0 radical (unpaired) electrons. The number of benzene rings is 1.